The molecule has 27 heavy (non-hydrogen) atoms. The van der Waals surface area contributed by atoms with Gasteiger partial charge in [0.25, 0.3) is 0 Å². The number of carboxylic acids is 1. The van der Waals surface area contributed by atoms with Gasteiger partial charge in [0.15, 0.2) is 17.6 Å². The Kier molecular flexibility index (Phi) is 6.54. The lowest BCUT2D eigenvalue weighted by Gasteiger charge is -2.14. The molecule has 2 aromatic rings. The molecule has 1 atom stereocenters. The average Bonchev–Trinajstić information content (AvgIpc) is 2.67. The number of methoxy groups -OCH3 is 2. The van der Waals surface area contributed by atoms with E-state index in [9.17, 15) is 9.59 Å². The summed E-state index contributed by atoms with van der Waals surface area (Å²) in [6.07, 6.45) is 0.623. The van der Waals surface area contributed by atoms with E-state index in [1.165, 1.54) is 21.1 Å². The summed E-state index contributed by atoms with van der Waals surface area (Å²) in [5.74, 6) is -0.760. The standard InChI is InChI=1S/C20H21NO6/c1-12-15(20(24)26-4)6-5-7-16(12)21-11-14-8-9-17(18(10-14)25-3)27-13(2)19(22)23/h5-11,13H,1-4H3,(H,22,23)/t13-/m0/s1. The monoisotopic (exact) mass is 371 g/mol. The van der Waals surface area contributed by atoms with Crippen LogP contribution in [0.15, 0.2) is 41.4 Å². The summed E-state index contributed by atoms with van der Waals surface area (Å²) in [5.41, 5.74) is 2.53. The average molecular weight is 371 g/mol. The van der Waals surface area contributed by atoms with Crippen LogP contribution in [0.25, 0.3) is 0 Å². The van der Waals surface area contributed by atoms with Gasteiger partial charge in [-0.1, -0.05) is 6.07 Å². The highest BCUT2D eigenvalue weighted by Crippen LogP contribution is 2.29. The summed E-state index contributed by atoms with van der Waals surface area (Å²) in [4.78, 5) is 27.1. The van der Waals surface area contributed by atoms with E-state index < -0.39 is 18.0 Å². The van der Waals surface area contributed by atoms with Gasteiger partial charge in [0.05, 0.1) is 25.5 Å². The minimum atomic E-state index is -1.07. The smallest absolute Gasteiger partial charge is 0.344 e. The summed E-state index contributed by atoms with van der Waals surface area (Å²) < 4.78 is 15.4. The normalized spacial score (nSPS) is 11.9. The maximum Gasteiger partial charge on any atom is 0.344 e. The molecule has 2 aromatic carbocycles. The Balaban J connectivity index is 2.28. The fourth-order valence-electron chi connectivity index (χ4n) is 2.34. The lowest BCUT2D eigenvalue weighted by Crippen LogP contribution is -2.23. The van der Waals surface area contributed by atoms with Crippen molar-refractivity contribution in [3.8, 4) is 11.5 Å². The van der Waals surface area contributed by atoms with Crippen molar-refractivity contribution in [1.29, 1.82) is 0 Å². The Morgan fingerprint density at radius 2 is 1.89 bits per heavy atom. The summed E-state index contributed by atoms with van der Waals surface area (Å²) in [6, 6.07) is 10.2. The molecule has 142 valence electrons. The van der Waals surface area contributed by atoms with Gasteiger partial charge in [0.1, 0.15) is 0 Å². The van der Waals surface area contributed by atoms with Crippen molar-refractivity contribution in [3.63, 3.8) is 0 Å². The molecule has 0 fully saturated rings. The van der Waals surface area contributed by atoms with Crippen molar-refractivity contribution < 1.29 is 28.9 Å². The Bertz CT molecular complexity index is 875. The maximum atomic E-state index is 11.8. The van der Waals surface area contributed by atoms with Crippen LogP contribution in [0.4, 0.5) is 5.69 Å². The number of hydrogen-bond donors (Lipinski definition) is 1. The number of aliphatic imine (C=N–C) groups is 1. The Hall–Kier alpha value is -3.35. The first-order valence-corrected chi connectivity index (χ1v) is 8.16. The van der Waals surface area contributed by atoms with Crippen molar-refractivity contribution in [3.05, 3.63) is 53.1 Å². The van der Waals surface area contributed by atoms with Gasteiger partial charge in [0, 0.05) is 6.21 Å². The molecule has 0 aliphatic carbocycles. The van der Waals surface area contributed by atoms with Gasteiger partial charge in [0.2, 0.25) is 0 Å². The first-order chi connectivity index (χ1) is 12.9. The third-order valence-electron chi connectivity index (χ3n) is 3.90. The van der Waals surface area contributed by atoms with Crippen LogP contribution in [-0.2, 0) is 9.53 Å². The number of rotatable bonds is 7. The molecule has 0 heterocycles. The minimum absolute atomic E-state index is 0.327. The van der Waals surface area contributed by atoms with Crippen LogP contribution in [-0.4, -0.2) is 43.6 Å². The maximum absolute atomic E-state index is 11.8. The zero-order valence-electron chi connectivity index (χ0n) is 15.6. The molecule has 0 aliphatic heterocycles. The van der Waals surface area contributed by atoms with Crippen molar-refractivity contribution in [1.82, 2.24) is 0 Å². The Morgan fingerprint density at radius 1 is 1.15 bits per heavy atom. The van der Waals surface area contributed by atoms with Crippen LogP contribution >= 0.6 is 0 Å². The lowest BCUT2D eigenvalue weighted by atomic mass is 10.1. The molecule has 0 aromatic heterocycles. The SMILES string of the molecule is COC(=O)c1cccc(N=Cc2ccc(O[C@@H](C)C(=O)O)c(OC)c2)c1C. The molecule has 0 bridgehead atoms. The van der Waals surface area contributed by atoms with Gasteiger partial charge in [-0.15, -0.1) is 0 Å². The van der Waals surface area contributed by atoms with Crippen LogP contribution in [0.5, 0.6) is 11.5 Å². The molecule has 0 aliphatic rings. The third-order valence-corrected chi connectivity index (χ3v) is 3.90. The van der Waals surface area contributed by atoms with Crippen molar-refractivity contribution in [2.75, 3.05) is 14.2 Å². The van der Waals surface area contributed by atoms with Crippen LogP contribution in [0.2, 0.25) is 0 Å². The van der Waals surface area contributed by atoms with Gasteiger partial charge < -0.3 is 19.3 Å². The number of hydrogen-bond acceptors (Lipinski definition) is 6. The lowest BCUT2D eigenvalue weighted by molar-refractivity contribution is -0.144. The number of carbonyl (C=O) groups excluding carboxylic acids is 1. The largest absolute Gasteiger partial charge is 0.493 e. The van der Waals surface area contributed by atoms with Crippen LogP contribution in [0.3, 0.4) is 0 Å². The summed E-state index contributed by atoms with van der Waals surface area (Å²) in [5, 5.41) is 8.96. The molecule has 0 unspecified atom stereocenters. The molecular formula is C20H21NO6. The van der Waals surface area contributed by atoms with Gasteiger partial charge in [-0.25, -0.2) is 9.59 Å². The Morgan fingerprint density at radius 3 is 2.52 bits per heavy atom. The molecular weight excluding hydrogens is 350 g/mol. The fourth-order valence-corrected chi connectivity index (χ4v) is 2.34. The second-order valence-electron chi connectivity index (χ2n) is 5.71. The van der Waals surface area contributed by atoms with Gasteiger partial charge in [-0.3, -0.25) is 4.99 Å². The van der Waals surface area contributed by atoms with E-state index >= 15 is 0 Å². The van der Waals surface area contributed by atoms with Crippen molar-refractivity contribution in [2.24, 2.45) is 4.99 Å². The first-order valence-electron chi connectivity index (χ1n) is 8.16. The third kappa shape index (κ3) is 4.84. The zero-order valence-corrected chi connectivity index (χ0v) is 15.6. The second kappa shape index (κ2) is 8.84. The first kappa shape index (κ1) is 20.0. The highest BCUT2D eigenvalue weighted by molar-refractivity contribution is 5.93. The molecule has 0 saturated heterocycles. The van der Waals surface area contributed by atoms with Crippen LogP contribution in [0.1, 0.15) is 28.4 Å². The molecule has 2 rings (SSSR count). The van der Waals surface area contributed by atoms with E-state index in [2.05, 4.69) is 4.99 Å². The highest BCUT2D eigenvalue weighted by atomic mass is 16.5. The Labute approximate surface area is 157 Å². The molecule has 0 radical (unpaired) electrons. The van der Waals surface area contributed by atoms with Crippen molar-refractivity contribution in [2.45, 2.75) is 20.0 Å². The number of esters is 1. The molecule has 0 amide bonds. The summed E-state index contributed by atoms with van der Waals surface area (Å²) in [6.45, 7) is 3.23. The van der Waals surface area contributed by atoms with E-state index in [0.29, 0.717) is 28.3 Å². The summed E-state index contributed by atoms with van der Waals surface area (Å²) in [7, 11) is 2.80. The van der Waals surface area contributed by atoms with E-state index in [0.717, 1.165) is 5.56 Å². The molecule has 0 saturated carbocycles. The minimum Gasteiger partial charge on any atom is -0.493 e. The number of benzene rings is 2. The fraction of sp³-hybridized carbons (Fsp3) is 0.250. The van der Waals surface area contributed by atoms with Crippen molar-refractivity contribution >= 4 is 23.8 Å². The predicted molar refractivity (Wildman–Crippen MR) is 100 cm³/mol. The number of aliphatic carboxylic acids is 1. The molecule has 0 spiro atoms. The number of carbonyl (C=O) groups is 2. The van der Waals surface area contributed by atoms with E-state index in [1.807, 2.05) is 0 Å². The predicted octanol–water partition coefficient (Wildman–Crippen LogP) is 3.39. The van der Waals surface area contributed by atoms with Gasteiger partial charge in [-0.05, 0) is 55.3 Å². The van der Waals surface area contributed by atoms with E-state index in [4.69, 9.17) is 19.3 Å². The number of carboxylic acid groups (broad SMARTS) is 1. The molecule has 7 heteroatoms. The van der Waals surface area contributed by atoms with Gasteiger partial charge in [-0.2, -0.15) is 0 Å². The zero-order chi connectivity index (χ0) is 20.0. The summed E-state index contributed by atoms with van der Waals surface area (Å²) >= 11 is 0. The van der Waals surface area contributed by atoms with Crippen LogP contribution < -0.4 is 9.47 Å². The van der Waals surface area contributed by atoms with Crippen LogP contribution in [0, 0.1) is 6.92 Å². The quantitative estimate of drug-likeness (QED) is 0.592. The second-order valence-corrected chi connectivity index (χ2v) is 5.71. The number of nitrogens with zero attached hydrogens (tertiary/aromatic N) is 1. The van der Waals surface area contributed by atoms with E-state index in [-0.39, 0.29) is 0 Å². The molecule has 1 N–H and O–H groups in total. The van der Waals surface area contributed by atoms with Gasteiger partial charge >= 0.3 is 11.9 Å². The van der Waals surface area contributed by atoms with E-state index in [1.54, 1.807) is 49.5 Å². The topological polar surface area (TPSA) is 94.4 Å². The highest BCUT2D eigenvalue weighted by Gasteiger charge is 2.15. The number of ether oxygens (including phenoxy) is 3. The molecule has 7 nitrogen and oxygen atoms in total.